The van der Waals surface area contributed by atoms with Crippen molar-refractivity contribution in [1.29, 1.82) is 0 Å². The van der Waals surface area contributed by atoms with Crippen LogP contribution in [0.2, 0.25) is 0 Å². The van der Waals surface area contributed by atoms with Crippen LogP contribution in [0.25, 0.3) is 22.9 Å². The van der Waals surface area contributed by atoms with Crippen LogP contribution in [0.1, 0.15) is 44.9 Å². The van der Waals surface area contributed by atoms with Gasteiger partial charge in [-0.1, -0.05) is 12.2 Å². The largest absolute Gasteiger partial charge is 0.416 e. The lowest BCUT2D eigenvalue weighted by atomic mass is 9.91. The van der Waals surface area contributed by atoms with Crippen LogP contribution in [0, 0.1) is 11.8 Å². The summed E-state index contributed by atoms with van der Waals surface area (Å²) in [4.78, 5) is 9.35. The molecule has 0 spiro atoms. The van der Waals surface area contributed by atoms with Gasteiger partial charge in [-0.15, -0.1) is 10.2 Å². The van der Waals surface area contributed by atoms with Gasteiger partial charge in [-0.25, -0.2) is 13.4 Å². The van der Waals surface area contributed by atoms with Crippen molar-refractivity contribution in [3.8, 4) is 22.9 Å². The molecule has 0 amide bonds. The molecule has 0 radical (unpaired) electrons. The Labute approximate surface area is 229 Å². The molecule has 3 fully saturated rings. The Morgan fingerprint density at radius 3 is 2.62 bits per heavy atom. The van der Waals surface area contributed by atoms with Gasteiger partial charge in [-0.3, -0.25) is 4.72 Å². The van der Waals surface area contributed by atoms with Crippen LogP contribution in [0.3, 0.4) is 0 Å². The number of benzene rings is 1. The molecule has 2 saturated heterocycles. The second-order valence-corrected chi connectivity index (χ2v) is 13.3. The molecular formula is C29H34N6O3S. The number of anilines is 3. The van der Waals surface area contributed by atoms with Crippen LogP contribution in [0.5, 0.6) is 0 Å². The summed E-state index contributed by atoms with van der Waals surface area (Å²) >= 11 is 0. The number of piperidine rings is 2. The molecule has 2 aromatic heterocycles. The van der Waals surface area contributed by atoms with Crippen molar-refractivity contribution in [2.24, 2.45) is 11.8 Å². The van der Waals surface area contributed by atoms with Gasteiger partial charge in [0.15, 0.2) is 0 Å². The van der Waals surface area contributed by atoms with E-state index in [9.17, 15) is 8.42 Å². The Morgan fingerprint density at radius 2 is 1.77 bits per heavy atom. The molecule has 204 valence electrons. The van der Waals surface area contributed by atoms with Crippen LogP contribution >= 0.6 is 0 Å². The SMILES string of the molecule is O=S(=O)(Nc1ccc2c(c1)N1CCC(C/C=C\C3CCCN(C3)c3cc(ccn3)-c3nnc-2o3)CC1)C1CC1. The lowest BCUT2D eigenvalue weighted by molar-refractivity contribution is 0.407. The fourth-order valence-corrected chi connectivity index (χ4v) is 7.46. The number of sulfonamides is 1. The summed E-state index contributed by atoms with van der Waals surface area (Å²) in [5, 5.41) is 8.55. The summed E-state index contributed by atoms with van der Waals surface area (Å²) in [6.45, 7) is 3.77. The highest BCUT2D eigenvalue weighted by Gasteiger charge is 2.36. The Morgan fingerprint density at radius 1 is 0.923 bits per heavy atom. The van der Waals surface area contributed by atoms with Crippen LogP contribution in [-0.4, -0.2) is 55.0 Å². The Kier molecular flexibility index (Phi) is 6.29. The molecule has 9 nitrogen and oxygen atoms in total. The number of allylic oxidation sites excluding steroid dienone is 1. The molecule has 1 atom stereocenters. The maximum absolute atomic E-state index is 12.7. The number of nitrogens with one attached hydrogen (secondary N) is 1. The Bertz CT molecular complexity index is 1490. The molecule has 39 heavy (non-hydrogen) atoms. The van der Waals surface area contributed by atoms with Gasteiger partial charge in [0.05, 0.1) is 22.2 Å². The molecular weight excluding hydrogens is 512 g/mol. The minimum atomic E-state index is -3.36. The zero-order valence-electron chi connectivity index (χ0n) is 22.0. The summed E-state index contributed by atoms with van der Waals surface area (Å²) in [6.07, 6.45) is 13.7. The van der Waals surface area contributed by atoms with Crippen LogP contribution < -0.4 is 14.5 Å². The summed E-state index contributed by atoms with van der Waals surface area (Å²) < 4.78 is 34.4. The monoisotopic (exact) mass is 546 g/mol. The van der Waals surface area contributed by atoms with Crippen molar-refractivity contribution in [3.05, 3.63) is 48.7 Å². The highest BCUT2D eigenvalue weighted by atomic mass is 32.2. The highest BCUT2D eigenvalue weighted by molar-refractivity contribution is 7.93. The quantitative estimate of drug-likeness (QED) is 0.453. The van der Waals surface area contributed by atoms with Crippen molar-refractivity contribution in [2.75, 3.05) is 40.7 Å². The van der Waals surface area contributed by atoms with Crippen LogP contribution in [-0.2, 0) is 10.0 Å². The van der Waals surface area contributed by atoms with E-state index >= 15 is 0 Å². The molecule has 1 unspecified atom stereocenters. The summed E-state index contributed by atoms with van der Waals surface area (Å²) in [5.41, 5.74) is 3.16. The lowest BCUT2D eigenvalue weighted by Crippen LogP contribution is -2.35. The zero-order chi connectivity index (χ0) is 26.4. The Balaban J connectivity index is 1.28. The number of nitrogens with zero attached hydrogens (tertiary/aromatic N) is 5. The normalized spacial score (nSPS) is 24.0. The first-order valence-electron chi connectivity index (χ1n) is 14.1. The maximum atomic E-state index is 12.7. The molecule has 1 aliphatic carbocycles. The third-order valence-electron chi connectivity index (χ3n) is 8.48. The topological polar surface area (TPSA) is 104 Å². The molecule has 1 N–H and O–H groups in total. The lowest BCUT2D eigenvalue weighted by Gasteiger charge is -2.35. The number of rotatable bonds is 3. The molecule has 4 aliphatic heterocycles. The predicted molar refractivity (Wildman–Crippen MR) is 152 cm³/mol. The van der Waals surface area contributed by atoms with Gasteiger partial charge in [-0.05, 0) is 87.1 Å². The van der Waals surface area contributed by atoms with E-state index in [-0.39, 0.29) is 5.25 Å². The van der Waals surface area contributed by atoms with E-state index in [4.69, 9.17) is 4.42 Å². The van der Waals surface area contributed by atoms with E-state index in [0.29, 0.717) is 29.3 Å². The van der Waals surface area contributed by atoms with Gasteiger partial charge >= 0.3 is 0 Å². The molecule has 8 rings (SSSR count). The number of pyridine rings is 1. The standard InChI is InChI=1S/C29H34N6O3S/c36-39(37,24-7-8-24)33-23-6-9-25-26(18-23)34-15-11-20(12-16-34)3-1-4-21-5-2-14-35(19-21)27-17-22(10-13-30-27)28-31-32-29(25)38-28/h1,4,6,9-10,13,17-18,20-21,24,33H,2-3,5,7-8,11-12,14-16,19H2/b4-1-. The van der Waals surface area contributed by atoms with Gasteiger partial charge in [0.2, 0.25) is 21.8 Å². The zero-order valence-corrected chi connectivity index (χ0v) is 22.8. The summed E-state index contributed by atoms with van der Waals surface area (Å²) in [7, 11) is -3.36. The first kappa shape index (κ1) is 24.6. The average Bonchev–Trinajstić information content (AvgIpc) is 3.72. The molecule has 1 aromatic carbocycles. The summed E-state index contributed by atoms with van der Waals surface area (Å²) in [6, 6.07) is 9.56. The fraction of sp³-hybridized carbons (Fsp3) is 0.483. The number of fused-ring (bicyclic) bond motifs is 3. The van der Waals surface area contributed by atoms with Gasteiger partial charge in [0, 0.05) is 37.9 Å². The fourth-order valence-electron chi connectivity index (χ4n) is 6.08. The van der Waals surface area contributed by atoms with E-state index in [0.717, 1.165) is 87.3 Å². The van der Waals surface area contributed by atoms with E-state index in [1.807, 2.05) is 30.5 Å². The third-order valence-corrected chi connectivity index (χ3v) is 10.4. The molecule has 3 aromatic rings. The average molecular weight is 547 g/mol. The Hall–Kier alpha value is -3.40. The van der Waals surface area contributed by atoms with Crippen molar-refractivity contribution >= 4 is 27.2 Å². The van der Waals surface area contributed by atoms with Gasteiger partial charge in [-0.2, -0.15) is 0 Å². The molecule has 1 saturated carbocycles. The van der Waals surface area contributed by atoms with E-state index in [1.54, 1.807) is 6.07 Å². The summed E-state index contributed by atoms with van der Waals surface area (Å²) in [5.74, 6) is 2.99. The molecule has 6 heterocycles. The predicted octanol–water partition coefficient (Wildman–Crippen LogP) is 5.10. The number of hydrogen-bond donors (Lipinski definition) is 1. The van der Waals surface area contributed by atoms with E-state index in [2.05, 4.69) is 41.9 Å². The second kappa shape index (κ2) is 9.97. The van der Waals surface area contributed by atoms with E-state index < -0.39 is 10.0 Å². The minimum absolute atomic E-state index is 0.282. The highest BCUT2D eigenvalue weighted by Crippen LogP contribution is 2.38. The van der Waals surface area contributed by atoms with Crippen molar-refractivity contribution in [2.45, 2.75) is 50.2 Å². The van der Waals surface area contributed by atoms with Gasteiger partial charge in [0.25, 0.3) is 0 Å². The van der Waals surface area contributed by atoms with Crippen molar-refractivity contribution in [3.63, 3.8) is 0 Å². The third kappa shape index (κ3) is 5.14. The number of aromatic nitrogens is 3. The van der Waals surface area contributed by atoms with Crippen molar-refractivity contribution in [1.82, 2.24) is 15.2 Å². The van der Waals surface area contributed by atoms with Gasteiger partial charge in [0.1, 0.15) is 5.82 Å². The van der Waals surface area contributed by atoms with E-state index in [1.165, 1.54) is 6.42 Å². The van der Waals surface area contributed by atoms with Gasteiger partial charge < -0.3 is 14.2 Å². The smallest absolute Gasteiger partial charge is 0.250 e. The minimum Gasteiger partial charge on any atom is -0.416 e. The first-order valence-corrected chi connectivity index (χ1v) is 15.7. The molecule has 8 bridgehead atoms. The number of hydrogen-bond acceptors (Lipinski definition) is 8. The molecule has 10 heteroatoms. The van der Waals surface area contributed by atoms with Crippen LogP contribution in [0.4, 0.5) is 17.2 Å². The van der Waals surface area contributed by atoms with Crippen LogP contribution in [0.15, 0.2) is 53.1 Å². The first-order chi connectivity index (χ1) is 19.0. The molecule has 5 aliphatic rings. The maximum Gasteiger partial charge on any atom is 0.250 e. The van der Waals surface area contributed by atoms with Crippen molar-refractivity contribution < 1.29 is 12.8 Å². The second-order valence-electron chi connectivity index (χ2n) is 11.3.